The van der Waals surface area contributed by atoms with Crippen molar-refractivity contribution in [1.82, 2.24) is 15.3 Å². The molecule has 19 heavy (non-hydrogen) atoms. The highest BCUT2D eigenvalue weighted by atomic mass is 15.0. The highest BCUT2D eigenvalue weighted by Gasteiger charge is 2.21. The van der Waals surface area contributed by atoms with Crippen molar-refractivity contribution < 1.29 is 0 Å². The summed E-state index contributed by atoms with van der Waals surface area (Å²) in [6.07, 6.45) is 2.26. The summed E-state index contributed by atoms with van der Waals surface area (Å²) in [4.78, 5) is 8.28. The Hall–Kier alpha value is -1.61. The van der Waals surface area contributed by atoms with Crippen LogP contribution >= 0.6 is 0 Å². The molecule has 2 heterocycles. The average molecular weight is 255 g/mol. The Labute approximate surface area is 114 Å². The van der Waals surface area contributed by atoms with Gasteiger partial charge >= 0.3 is 0 Å². The minimum Gasteiger partial charge on any atom is -0.345 e. The topological polar surface area (TPSA) is 40.7 Å². The number of nitrogens with zero attached hydrogens (tertiary/aromatic N) is 1. The van der Waals surface area contributed by atoms with Gasteiger partial charge in [0.15, 0.2) is 0 Å². The fourth-order valence-electron chi connectivity index (χ4n) is 2.74. The molecule has 3 heteroatoms. The van der Waals surface area contributed by atoms with E-state index in [-0.39, 0.29) is 0 Å². The van der Waals surface area contributed by atoms with E-state index in [1.807, 2.05) is 0 Å². The molecule has 0 amide bonds. The molecule has 3 nitrogen and oxygen atoms in total. The Kier molecular flexibility index (Phi) is 3.38. The number of aromatic nitrogens is 2. The normalized spacial score (nSPS) is 18.9. The first-order valence-electron chi connectivity index (χ1n) is 7.14. The first kappa shape index (κ1) is 12.4. The number of hydrogen-bond donors (Lipinski definition) is 2. The van der Waals surface area contributed by atoms with Gasteiger partial charge in [-0.05, 0) is 31.9 Å². The van der Waals surface area contributed by atoms with Crippen LogP contribution in [-0.2, 0) is 6.42 Å². The van der Waals surface area contributed by atoms with Crippen molar-refractivity contribution in [2.45, 2.75) is 32.6 Å². The molecule has 100 valence electrons. The highest BCUT2D eigenvalue weighted by molar-refractivity contribution is 5.62. The fraction of sp³-hybridized carbons (Fsp3) is 0.438. The molecule has 1 aromatic carbocycles. The Morgan fingerprint density at radius 1 is 1.26 bits per heavy atom. The van der Waals surface area contributed by atoms with Gasteiger partial charge in [0.1, 0.15) is 5.82 Å². The van der Waals surface area contributed by atoms with E-state index < -0.39 is 0 Å². The zero-order valence-corrected chi connectivity index (χ0v) is 11.7. The quantitative estimate of drug-likeness (QED) is 0.885. The maximum Gasteiger partial charge on any atom is 0.111 e. The molecular formula is C16H21N3. The molecule has 1 unspecified atom stereocenters. The van der Waals surface area contributed by atoms with Gasteiger partial charge in [-0.2, -0.15) is 0 Å². The fourth-order valence-corrected chi connectivity index (χ4v) is 2.74. The van der Waals surface area contributed by atoms with Crippen LogP contribution in [0.2, 0.25) is 0 Å². The van der Waals surface area contributed by atoms with E-state index in [1.54, 1.807) is 0 Å². The Morgan fingerprint density at radius 2 is 2.05 bits per heavy atom. The van der Waals surface area contributed by atoms with Gasteiger partial charge in [-0.1, -0.05) is 31.2 Å². The molecule has 2 N–H and O–H groups in total. The van der Waals surface area contributed by atoms with Crippen LogP contribution in [0.1, 0.15) is 36.3 Å². The third-order valence-electron chi connectivity index (χ3n) is 3.99. The number of hydrogen-bond acceptors (Lipinski definition) is 2. The van der Waals surface area contributed by atoms with Crippen molar-refractivity contribution >= 4 is 0 Å². The number of aromatic amines is 1. The Morgan fingerprint density at radius 3 is 2.68 bits per heavy atom. The number of rotatable bonds is 3. The van der Waals surface area contributed by atoms with Crippen molar-refractivity contribution in [2.75, 3.05) is 13.1 Å². The molecule has 1 fully saturated rings. The molecule has 0 aliphatic carbocycles. The molecule has 0 radical (unpaired) electrons. The molecule has 0 saturated carbocycles. The van der Waals surface area contributed by atoms with Crippen molar-refractivity contribution in [2.24, 2.45) is 0 Å². The second kappa shape index (κ2) is 5.17. The standard InChI is InChI=1S/C16H21N3/c1-3-12-4-6-13(7-5-12)15-11(2)18-16(19-15)14-8-9-17-10-14/h4-7,14,17H,3,8-10H2,1-2H3,(H,18,19). The van der Waals surface area contributed by atoms with E-state index >= 15 is 0 Å². The summed E-state index contributed by atoms with van der Waals surface area (Å²) in [5.41, 5.74) is 4.86. The Balaban J connectivity index is 1.90. The number of H-pyrrole nitrogens is 1. The van der Waals surface area contributed by atoms with E-state index in [0.29, 0.717) is 5.92 Å². The summed E-state index contributed by atoms with van der Waals surface area (Å²) in [7, 11) is 0. The van der Waals surface area contributed by atoms with Crippen molar-refractivity contribution in [1.29, 1.82) is 0 Å². The number of benzene rings is 1. The Bertz CT molecular complexity index is 548. The largest absolute Gasteiger partial charge is 0.345 e. The van der Waals surface area contributed by atoms with Crippen LogP contribution in [0.4, 0.5) is 0 Å². The molecule has 0 spiro atoms. The van der Waals surface area contributed by atoms with Crippen LogP contribution in [0.25, 0.3) is 11.3 Å². The number of nitrogens with one attached hydrogen (secondary N) is 2. The van der Waals surface area contributed by atoms with Gasteiger partial charge in [-0.3, -0.25) is 0 Å². The monoisotopic (exact) mass is 255 g/mol. The lowest BCUT2D eigenvalue weighted by molar-refractivity contribution is 0.713. The molecule has 1 aliphatic heterocycles. The van der Waals surface area contributed by atoms with Crippen LogP contribution in [-0.4, -0.2) is 23.1 Å². The predicted octanol–water partition coefficient (Wildman–Crippen LogP) is 3.02. The SMILES string of the molecule is CCc1ccc(-c2nc(C3CCNC3)[nH]c2C)cc1. The van der Waals surface area contributed by atoms with Gasteiger partial charge in [0, 0.05) is 23.7 Å². The van der Waals surface area contributed by atoms with Gasteiger partial charge in [-0.15, -0.1) is 0 Å². The molecule has 1 aromatic heterocycles. The predicted molar refractivity (Wildman–Crippen MR) is 78.4 cm³/mol. The van der Waals surface area contributed by atoms with E-state index in [4.69, 9.17) is 4.98 Å². The zero-order chi connectivity index (χ0) is 13.2. The first-order chi connectivity index (χ1) is 9.28. The van der Waals surface area contributed by atoms with Crippen molar-refractivity contribution in [3.05, 3.63) is 41.3 Å². The summed E-state index contributed by atoms with van der Waals surface area (Å²) in [6, 6.07) is 8.75. The third kappa shape index (κ3) is 2.43. The van der Waals surface area contributed by atoms with Crippen molar-refractivity contribution in [3.63, 3.8) is 0 Å². The van der Waals surface area contributed by atoms with Crippen LogP contribution in [0.15, 0.2) is 24.3 Å². The van der Waals surface area contributed by atoms with E-state index in [0.717, 1.165) is 31.0 Å². The molecule has 1 aliphatic rings. The second-order valence-electron chi connectivity index (χ2n) is 5.34. The van der Waals surface area contributed by atoms with E-state index in [1.165, 1.54) is 23.2 Å². The maximum absolute atomic E-state index is 4.82. The lowest BCUT2D eigenvalue weighted by Crippen LogP contribution is -2.08. The molecule has 2 aromatic rings. The van der Waals surface area contributed by atoms with Crippen LogP contribution in [0.5, 0.6) is 0 Å². The van der Waals surface area contributed by atoms with Crippen LogP contribution < -0.4 is 5.32 Å². The molecule has 0 bridgehead atoms. The smallest absolute Gasteiger partial charge is 0.111 e. The maximum atomic E-state index is 4.82. The highest BCUT2D eigenvalue weighted by Crippen LogP contribution is 2.26. The third-order valence-corrected chi connectivity index (χ3v) is 3.99. The first-order valence-corrected chi connectivity index (χ1v) is 7.14. The van der Waals surface area contributed by atoms with E-state index in [2.05, 4.69) is 48.4 Å². The summed E-state index contributed by atoms with van der Waals surface area (Å²) in [5, 5.41) is 3.39. The summed E-state index contributed by atoms with van der Waals surface area (Å²) >= 11 is 0. The summed E-state index contributed by atoms with van der Waals surface area (Å²) < 4.78 is 0. The zero-order valence-electron chi connectivity index (χ0n) is 11.7. The molecule has 3 rings (SSSR count). The second-order valence-corrected chi connectivity index (χ2v) is 5.34. The molecule has 1 saturated heterocycles. The summed E-state index contributed by atoms with van der Waals surface area (Å²) in [5.74, 6) is 1.68. The lowest BCUT2D eigenvalue weighted by Gasteiger charge is -2.02. The lowest BCUT2D eigenvalue weighted by atomic mass is 10.1. The van der Waals surface area contributed by atoms with Gasteiger partial charge in [-0.25, -0.2) is 4.98 Å². The number of aryl methyl sites for hydroxylation is 2. The van der Waals surface area contributed by atoms with E-state index in [9.17, 15) is 0 Å². The average Bonchev–Trinajstić information content (AvgIpc) is 3.08. The number of imidazole rings is 1. The summed E-state index contributed by atoms with van der Waals surface area (Å²) in [6.45, 7) is 6.44. The van der Waals surface area contributed by atoms with Crippen LogP contribution in [0.3, 0.4) is 0 Å². The minimum absolute atomic E-state index is 0.544. The molecular weight excluding hydrogens is 234 g/mol. The minimum atomic E-state index is 0.544. The van der Waals surface area contributed by atoms with Crippen molar-refractivity contribution in [3.8, 4) is 11.3 Å². The van der Waals surface area contributed by atoms with Gasteiger partial charge in [0.25, 0.3) is 0 Å². The van der Waals surface area contributed by atoms with Gasteiger partial charge in [0.05, 0.1) is 5.69 Å². The van der Waals surface area contributed by atoms with Gasteiger partial charge in [0.2, 0.25) is 0 Å². The van der Waals surface area contributed by atoms with Crippen LogP contribution in [0, 0.1) is 6.92 Å². The van der Waals surface area contributed by atoms with Gasteiger partial charge < -0.3 is 10.3 Å². The molecule has 1 atom stereocenters.